The zero-order valence-corrected chi connectivity index (χ0v) is 13.9. The summed E-state index contributed by atoms with van der Waals surface area (Å²) in [5.41, 5.74) is 1.36. The Balaban J connectivity index is 1.72. The minimum atomic E-state index is -0.176. The van der Waals surface area contributed by atoms with Gasteiger partial charge in [0.15, 0.2) is 0 Å². The van der Waals surface area contributed by atoms with E-state index in [0.29, 0.717) is 12.2 Å². The van der Waals surface area contributed by atoms with Crippen LogP contribution in [0.3, 0.4) is 0 Å². The predicted molar refractivity (Wildman–Crippen MR) is 88.2 cm³/mol. The lowest BCUT2D eigenvalue weighted by Crippen LogP contribution is -2.41. The van der Waals surface area contributed by atoms with Gasteiger partial charge in [0, 0.05) is 25.0 Å². The maximum atomic E-state index is 12.5. The Morgan fingerprint density at radius 3 is 3.04 bits per heavy atom. The normalized spacial score (nSPS) is 20.6. The van der Waals surface area contributed by atoms with Crippen LogP contribution in [0.2, 0.25) is 0 Å². The molecule has 0 aliphatic carbocycles. The highest BCUT2D eigenvalue weighted by Gasteiger charge is 2.35. The van der Waals surface area contributed by atoms with Crippen LogP contribution in [0.15, 0.2) is 18.5 Å². The summed E-state index contributed by atoms with van der Waals surface area (Å²) >= 11 is 0. The van der Waals surface area contributed by atoms with Gasteiger partial charge in [-0.05, 0) is 19.4 Å². The van der Waals surface area contributed by atoms with Crippen molar-refractivity contribution in [1.29, 1.82) is 0 Å². The van der Waals surface area contributed by atoms with Crippen LogP contribution in [-0.2, 0) is 6.42 Å². The van der Waals surface area contributed by atoms with Gasteiger partial charge >= 0.3 is 0 Å². The van der Waals surface area contributed by atoms with Crippen LogP contribution in [0.4, 0.5) is 0 Å². The van der Waals surface area contributed by atoms with Crippen molar-refractivity contribution in [2.75, 3.05) is 19.6 Å². The first-order valence-electron chi connectivity index (χ1n) is 8.04. The predicted octanol–water partition coefficient (Wildman–Crippen LogP) is 0.242. The van der Waals surface area contributed by atoms with E-state index in [1.165, 1.54) is 0 Å². The first-order valence-corrected chi connectivity index (χ1v) is 8.04. The lowest BCUT2D eigenvalue weighted by molar-refractivity contribution is 0.0924. The number of nitrogens with zero attached hydrogens (tertiary/aromatic N) is 5. The van der Waals surface area contributed by atoms with Crippen LogP contribution in [0.1, 0.15) is 36.1 Å². The average molecular weight is 327 g/mol. The molecule has 8 heteroatoms. The van der Waals surface area contributed by atoms with Crippen molar-refractivity contribution in [3.63, 3.8) is 0 Å². The van der Waals surface area contributed by atoms with E-state index in [1.54, 1.807) is 16.9 Å². The van der Waals surface area contributed by atoms with Crippen LogP contribution in [0.25, 0.3) is 0 Å². The van der Waals surface area contributed by atoms with Crippen LogP contribution >= 0.6 is 0 Å². The van der Waals surface area contributed by atoms with E-state index in [9.17, 15) is 4.79 Å². The summed E-state index contributed by atoms with van der Waals surface area (Å²) < 4.78 is 1.80. The van der Waals surface area contributed by atoms with Gasteiger partial charge in [-0.3, -0.25) is 14.8 Å². The summed E-state index contributed by atoms with van der Waals surface area (Å²) in [6.45, 7) is 6.00. The minimum absolute atomic E-state index is 0.0275. The summed E-state index contributed by atoms with van der Waals surface area (Å²) in [5, 5.41) is 18.0. The zero-order chi connectivity index (χ0) is 16.9. The zero-order valence-electron chi connectivity index (χ0n) is 13.9. The highest BCUT2D eigenvalue weighted by molar-refractivity contribution is 5.92. The van der Waals surface area contributed by atoms with Crippen LogP contribution in [0, 0.1) is 11.8 Å². The van der Waals surface area contributed by atoms with Crippen molar-refractivity contribution in [3.8, 4) is 11.8 Å². The molecule has 1 aliphatic rings. The Hall–Kier alpha value is -2.66. The molecule has 2 N–H and O–H groups in total. The lowest BCUT2D eigenvalue weighted by Gasteiger charge is -2.19. The van der Waals surface area contributed by atoms with Gasteiger partial charge in [0.05, 0.1) is 24.8 Å². The number of H-pyrrole nitrogens is 1. The fourth-order valence-corrected chi connectivity index (χ4v) is 2.89. The van der Waals surface area contributed by atoms with Gasteiger partial charge in [-0.25, -0.2) is 4.68 Å². The summed E-state index contributed by atoms with van der Waals surface area (Å²) in [5.74, 6) is 5.80. The molecule has 0 unspecified atom stereocenters. The number of carbonyl (C=O) groups is 1. The van der Waals surface area contributed by atoms with Crippen molar-refractivity contribution in [2.24, 2.45) is 0 Å². The number of carbonyl (C=O) groups excluding carboxylic acids is 1. The van der Waals surface area contributed by atoms with E-state index >= 15 is 0 Å². The molecule has 126 valence electrons. The fraction of sp³-hybridized carbons (Fsp3) is 0.500. The van der Waals surface area contributed by atoms with Crippen LogP contribution in [0.5, 0.6) is 0 Å². The number of amides is 1. The maximum absolute atomic E-state index is 12.5. The Morgan fingerprint density at radius 2 is 2.38 bits per heavy atom. The number of nitrogens with one attached hydrogen (secondary N) is 2. The molecule has 3 rings (SSSR count). The SMILES string of the molecule is CC#CCN1C[C@@H](NC(=O)c2cc(CC)[nH]n2)[C@@H](n2ccnn2)C1. The Kier molecular flexibility index (Phi) is 4.91. The van der Waals surface area contributed by atoms with Crippen molar-refractivity contribution < 1.29 is 4.79 Å². The molecule has 3 heterocycles. The van der Waals surface area contributed by atoms with Crippen molar-refractivity contribution in [3.05, 3.63) is 29.8 Å². The Labute approximate surface area is 140 Å². The van der Waals surface area contributed by atoms with Gasteiger partial charge in [0.1, 0.15) is 5.69 Å². The fourth-order valence-electron chi connectivity index (χ4n) is 2.89. The monoisotopic (exact) mass is 327 g/mol. The van der Waals surface area contributed by atoms with Crippen LogP contribution < -0.4 is 5.32 Å². The largest absolute Gasteiger partial charge is 0.344 e. The molecule has 8 nitrogen and oxygen atoms in total. The summed E-state index contributed by atoms with van der Waals surface area (Å²) in [7, 11) is 0. The number of likely N-dealkylation sites (tertiary alicyclic amines) is 1. The van der Waals surface area contributed by atoms with Gasteiger partial charge in [-0.2, -0.15) is 5.10 Å². The first-order chi connectivity index (χ1) is 11.7. The topological polar surface area (TPSA) is 91.7 Å². The van der Waals surface area contributed by atoms with E-state index in [0.717, 1.165) is 25.2 Å². The standard InChI is InChI=1S/C16H21N7O/c1-3-5-7-22-10-14(15(11-22)23-8-6-17-21-23)18-16(24)13-9-12(4-2)19-20-13/h6,8-9,14-15H,4,7,10-11H2,1-2H3,(H,18,24)(H,19,20)/t14-,15+/m1/s1. The number of hydrogen-bond acceptors (Lipinski definition) is 5. The molecule has 0 spiro atoms. The second-order valence-electron chi connectivity index (χ2n) is 5.78. The minimum Gasteiger partial charge on any atom is -0.344 e. The smallest absolute Gasteiger partial charge is 0.272 e. The highest BCUT2D eigenvalue weighted by atomic mass is 16.2. The number of aromatic nitrogens is 5. The molecule has 0 bridgehead atoms. The van der Waals surface area contributed by atoms with Crippen molar-refractivity contribution in [1.82, 2.24) is 35.4 Å². The molecule has 1 amide bonds. The summed E-state index contributed by atoms with van der Waals surface area (Å²) in [6, 6.07) is 1.74. The average Bonchev–Trinajstić information content (AvgIpc) is 3.32. The molecule has 2 atom stereocenters. The van der Waals surface area contributed by atoms with E-state index < -0.39 is 0 Å². The van der Waals surface area contributed by atoms with E-state index in [-0.39, 0.29) is 18.0 Å². The number of rotatable bonds is 5. The molecule has 24 heavy (non-hydrogen) atoms. The first kappa shape index (κ1) is 16.2. The highest BCUT2D eigenvalue weighted by Crippen LogP contribution is 2.21. The van der Waals surface area contributed by atoms with Crippen molar-refractivity contribution >= 4 is 5.91 Å². The van der Waals surface area contributed by atoms with Gasteiger partial charge in [-0.15, -0.1) is 11.0 Å². The molecule has 1 saturated heterocycles. The second kappa shape index (κ2) is 7.27. The van der Waals surface area contributed by atoms with Gasteiger partial charge in [0.2, 0.25) is 0 Å². The summed E-state index contributed by atoms with van der Waals surface area (Å²) in [6.07, 6.45) is 4.28. The van der Waals surface area contributed by atoms with Crippen LogP contribution in [-0.4, -0.2) is 61.7 Å². The van der Waals surface area contributed by atoms with Gasteiger partial charge < -0.3 is 5.32 Å². The third kappa shape index (κ3) is 3.46. The Bertz CT molecular complexity index is 740. The molecule has 1 aliphatic heterocycles. The third-order valence-corrected chi connectivity index (χ3v) is 4.19. The molecule has 2 aromatic heterocycles. The summed E-state index contributed by atoms with van der Waals surface area (Å²) in [4.78, 5) is 14.7. The number of aryl methyl sites for hydroxylation is 1. The number of aromatic amines is 1. The molecule has 0 saturated carbocycles. The quantitative estimate of drug-likeness (QED) is 0.768. The molecular weight excluding hydrogens is 306 g/mol. The van der Waals surface area contributed by atoms with Crippen molar-refractivity contribution in [2.45, 2.75) is 32.4 Å². The lowest BCUT2D eigenvalue weighted by atomic mass is 10.1. The van der Waals surface area contributed by atoms with E-state index in [4.69, 9.17) is 0 Å². The van der Waals surface area contributed by atoms with E-state index in [2.05, 4.69) is 42.6 Å². The number of hydrogen-bond donors (Lipinski definition) is 2. The molecular formula is C16H21N7O. The van der Waals surface area contributed by atoms with Gasteiger partial charge in [-0.1, -0.05) is 18.1 Å². The molecule has 2 aromatic rings. The molecule has 1 fully saturated rings. The molecule has 0 radical (unpaired) electrons. The maximum Gasteiger partial charge on any atom is 0.272 e. The Morgan fingerprint density at radius 1 is 1.50 bits per heavy atom. The second-order valence-corrected chi connectivity index (χ2v) is 5.78. The third-order valence-electron chi connectivity index (χ3n) is 4.19. The molecule has 0 aromatic carbocycles. The van der Waals surface area contributed by atoms with Gasteiger partial charge in [0.25, 0.3) is 5.91 Å². The van der Waals surface area contributed by atoms with E-state index in [1.807, 2.05) is 20.0 Å².